The highest BCUT2D eigenvalue weighted by Gasteiger charge is 2.37. The molecular formula is C5H5NO3S3. The second-order valence-corrected chi connectivity index (χ2v) is 4.56. The predicted molar refractivity (Wildman–Crippen MR) is 51.6 cm³/mol. The van der Waals surface area contributed by atoms with E-state index < -0.39 is 16.5 Å². The summed E-state index contributed by atoms with van der Waals surface area (Å²) >= 11 is 9.75. The van der Waals surface area contributed by atoms with Crippen LogP contribution in [0.5, 0.6) is 0 Å². The summed E-state index contributed by atoms with van der Waals surface area (Å²) in [6.45, 7) is 1.20. The van der Waals surface area contributed by atoms with Gasteiger partial charge in [-0.3, -0.25) is 4.79 Å². The number of hydroxylamine groups is 2. The van der Waals surface area contributed by atoms with Crippen LogP contribution in [0.3, 0.4) is 0 Å². The van der Waals surface area contributed by atoms with Crippen LogP contribution in [-0.4, -0.2) is 25.8 Å². The van der Waals surface area contributed by atoms with Gasteiger partial charge in [0.2, 0.25) is 0 Å². The van der Waals surface area contributed by atoms with E-state index >= 15 is 0 Å². The number of carbonyl (C=O) groups is 2. The Morgan fingerprint density at radius 3 is 2.75 bits per heavy atom. The molecule has 0 spiro atoms. The Hall–Kier alpha value is -0.270. The highest BCUT2D eigenvalue weighted by atomic mass is 32.2. The maximum Gasteiger partial charge on any atom is 0.330 e. The third kappa shape index (κ3) is 1.90. The van der Waals surface area contributed by atoms with Crippen LogP contribution >= 0.6 is 36.6 Å². The van der Waals surface area contributed by atoms with E-state index in [-0.39, 0.29) is 4.32 Å². The van der Waals surface area contributed by atoms with Gasteiger partial charge in [-0.15, -0.1) is 5.06 Å². The Morgan fingerprint density at radius 2 is 2.42 bits per heavy atom. The third-order valence-corrected chi connectivity index (χ3v) is 2.79. The van der Waals surface area contributed by atoms with Gasteiger partial charge >= 0.3 is 5.97 Å². The van der Waals surface area contributed by atoms with Gasteiger partial charge in [0.05, 0.1) is 0 Å². The molecule has 0 bridgehead atoms. The van der Waals surface area contributed by atoms with Crippen molar-refractivity contribution in [3.05, 3.63) is 0 Å². The molecule has 1 atom stereocenters. The highest BCUT2D eigenvalue weighted by molar-refractivity contribution is 8.29. The topological polar surface area (TPSA) is 46.6 Å². The number of carbonyl (C=O) groups excluding carboxylic acids is 2. The maximum absolute atomic E-state index is 11.1. The Morgan fingerprint density at radius 1 is 1.83 bits per heavy atom. The normalized spacial score (nSPS) is 23.2. The molecule has 1 aliphatic rings. The number of thioether (sulfide) groups is 1. The van der Waals surface area contributed by atoms with Gasteiger partial charge in [0.1, 0.15) is 4.58 Å². The minimum atomic E-state index is -0.575. The van der Waals surface area contributed by atoms with Crippen LogP contribution in [0.15, 0.2) is 0 Å². The summed E-state index contributed by atoms with van der Waals surface area (Å²) < 4.78 is -0.341. The minimum Gasteiger partial charge on any atom is -0.332 e. The van der Waals surface area contributed by atoms with E-state index in [2.05, 4.69) is 17.5 Å². The minimum absolute atomic E-state index is 0.218. The number of thiol groups is 1. The molecule has 12 heavy (non-hydrogen) atoms. The average molecular weight is 223 g/mol. The van der Waals surface area contributed by atoms with Crippen molar-refractivity contribution in [2.75, 3.05) is 0 Å². The highest BCUT2D eigenvalue weighted by Crippen LogP contribution is 2.29. The second kappa shape index (κ2) is 3.63. The zero-order chi connectivity index (χ0) is 9.30. The van der Waals surface area contributed by atoms with Crippen LogP contribution in [0.25, 0.3) is 0 Å². The molecule has 0 aromatic rings. The fourth-order valence-electron chi connectivity index (χ4n) is 0.595. The first-order valence-corrected chi connectivity index (χ1v) is 4.74. The van der Waals surface area contributed by atoms with E-state index in [1.54, 1.807) is 0 Å². The van der Waals surface area contributed by atoms with Crippen molar-refractivity contribution in [1.82, 2.24) is 5.06 Å². The molecule has 0 radical (unpaired) electrons. The summed E-state index contributed by atoms with van der Waals surface area (Å²) in [6.07, 6.45) is 0. The van der Waals surface area contributed by atoms with Crippen LogP contribution in [-0.2, 0) is 14.4 Å². The van der Waals surface area contributed by atoms with Gasteiger partial charge in [0.15, 0.2) is 4.32 Å². The first-order chi connectivity index (χ1) is 5.52. The molecule has 0 aliphatic carbocycles. The molecule has 1 fully saturated rings. The van der Waals surface area contributed by atoms with Crippen molar-refractivity contribution in [1.29, 1.82) is 0 Å². The maximum atomic E-state index is 11.1. The standard InChI is InChI=1S/C5H5NO3S3/c1-2(7)9-6-3(8)4(10)12-5(6)11/h4,10H,1H3. The monoisotopic (exact) mass is 223 g/mol. The predicted octanol–water partition coefficient (Wildman–Crippen LogP) is 0.581. The molecule has 0 saturated carbocycles. The molecule has 0 N–H and O–H groups in total. The van der Waals surface area contributed by atoms with Gasteiger partial charge < -0.3 is 4.84 Å². The van der Waals surface area contributed by atoms with E-state index in [1.807, 2.05) is 0 Å². The van der Waals surface area contributed by atoms with Gasteiger partial charge in [-0.1, -0.05) is 11.8 Å². The number of nitrogens with zero attached hydrogens (tertiary/aromatic N) is 1. The summed E-state index contributed by atoms with van der Waals surface area (Å²) in [6, 6.07) is 0. The Bertz CT molecular complexity index is 254. The van der Waals surface area contributed by atoms with Crippen molar-refractivity contribution >= 4 is 52.8 Å². The van der Waals surface area contributed by atoms with E-state index in [1.165, 1.54) is 6.92 Å². The van der Waals surface area contributed by atoms with Crippen LogP contribution < -0.4 is 0 Å². The number of rotatable bonds is 1. The van der Waals surface area contributed by atoms with Gasteiger partial charge in [-0.25, -0.2) is 4.79 Å². The first-order valence-electron chi connectivity index (χ1n) is 2.93. The van der Waals surface area contributed by atoms with E-state index in [0.29, 0.717) is 0 Å². The zero-order valence-corrected chi connectivity index (χ0v) is 8.54. The number of hydrogen-bond donors (Lipinski definition) is 1. The molecule has 1 saturated heterocycles. The van der Waals surface area contributed by atoms with Crippen molar-refractivity contribution < 1.29 is 14.4 Å². The molecule has 1 unspecified atom stereocenters. The molecule has 1 rings (SSSR count). The molecule has 1 aliphatic heterocycles. The second-order valence-electron chi connectivity index (χ2n) is 1.95. The molecule has 7 heteroatoms. The third-order valence-electron chi connectivity index (χ3n) is 1.01. The van der Waals surface area contributed by atoms with E-state index in [0.717, 1.165) is 16.8 Å². The smallest absolute Gasteiger partial charge is 0.330 e. The lowest BCUT2D eigenvalue weighted by molar-refractivity contribution is -0.177. The Balaban J connectivity index is 2.70. The molecule has 0 aromatic heterocycles. The van der Waals surface area contributed by atoms with Crippen LogP contribution in [0.2, 0.25) is 0 Å². The lowest BCUT2D eigenvalue weighted by atomic mass is 10.7. The van der Waals surface area contributed by atoms with Gasteiger partial charge in [-0.05, 0) is 12.2 Å². The lowest BCUT2D eigenvalue weighted by Gasteiger charge is -2.11. The fourth-order valence-corrected chi connectivity index (χ4v) is 2.24. The summed E-state index contributed by atoms with van der Waals surface area (Å²) in [5.41, 5.74) is 0. The summed E-state index contributed by atoms with van der Waals surface area (Å²) in [5.74, 6) is -0.989. The lowest BCUT2D eigenvalue weighted by Crippen LogP contribution is -2.31. The molecule has 4 nitrogen and oxygen atoms in total. The van der Waals surface area contributed by atoms with E-state index in [9.17, 15) is 9.59 Å². The molecule has 0 aromatic carbocycles. The molecule has 1 amide bonds. The van der Waals surface area contributed by atoms with Crippen molar-refractivity contribution in [3.63, 3.8) is 0 Å². The summed E-state index contributed by atoms with van der Waals surface area (Å²) in [5, 5.41) is 0.792. The van der Waals surface area contributed by atoms with Crippen LogP contribution in [0.4, 0.5) is 0 Å². The average Bonchev–Trinajstić information content (AvgIpc) is 2.16. The fraction of sp³-hybridized carbons (Fsp3) is 0.400. The van der Waals surface area contributed by atoms with Crippen molar-refractivity contribution in [2.24, 2.45) is 0 Å². The van der Waals surface area contributed by atoms with Gasteiger partial charge in [0, 0.05) is 6.92 Å². The first kappa shape index (κ1) is 9.82. The molecular weight excluding hydrogens is 218 g/mol. The Labute approximate surface area is 84.0 Å². The van der Waals surface area contributed by atoms with Crippen LogP contribution in [0.1, 0.15) is 6.92 Å². The SMILES string of the molecule is CC(=O)ON1C(=O)C(S)SC1=S. The summed E-state index contributed by atoms with van der Waals surface area (Å²) in [7, 11) is 0. The zero-order valence-electron chi connectivity index (χ0n) is 6.01. The number of amides is 1. The summed E-state index contributed by atoms with van der Waals surface area (Å²) in [4.78, 5) is 26.1. The Kier molecular flexibility index (Phi) is 2.97. The molecule has 1 heterocycles. The number of thiocarbonyl (C=S) groups is 1. The molecule has 66 valence electrons. The quantitative estimate of drug-likeness (QED) is 0.520. The largest absolute Gasteiger partial charge is 0.332 e. The van der Waals surface area contributed by atoms with Crippen LogP contribution in [0, 0.1) is 0 Å². The van der Waals surface area contributed by atoms with Crippen molar-refractivity contribution in [3.8, 4) is 0 Å². The number of hydrogen-bond acceptors (Lipinski definition) is 6. The van der Waals surface area contributed by atoms with Gasteiger partial charge in [0.25, 0.3) is 5.91 Å². The van der Waals surface area contributed by atoms with Crippen molar-refractivity contribution in [2.45, 2.75) is 11.5 Å². The van der Waals surface area contributed by atoms with Gasteiger partial charge in [-0.2, -0.15) is 12.6 Å². The van der Waals surface area contributed by atoms with E-state index in [4.69, 9.17) is 12.2 Å².